The molecule has 1 N–H and O–H groups in total. The Hall–Kier alpha value is -1.77. The SMILES string of the molecule is O=C(Cn1cnc2sc3c(c2c1=O)CCCCC3)NCC1(N2CCOCC2)CCCCC1. The molecule has 3 aliphatic rings. The van der Waals surface area contributed by atoms with Gasteiger partial charge in [-0.2, -0.15) is 0 Å². The van der Waals surface area contributed by atoms with Gasteiger partial charge >= 0.3 is 0 Å². The van der Waals surface area contributed by atoms with Crippen LogP contribution in [-0.2, 0) is 28.9 Å². The van der Waals surface area contributed by atoms with Crippen LogP contribution < -0.4 is 10.9 Å². The zero-order chi connectivity index (χ0) is 22.0. The van der Waals surface area contributed by atoms with Crippen LogP contribution in [0.15, 0.2) is 11.1 Å². The Kier molecular flexibility index (Phi) is 6.62. The van der Waals surface area contributed by atoms with E-state index in [1.165, 1.54) is 47.1 Å². The minimum Gasteiger partial charge on any atom is -0.379 e. The van der Waals surface area contributed by atoms with Gasteiger partial charge in [0.15, 0.2) is 0 Å². The van der Waals surface area contributed by atoms with Crippen molar-refractivity contribution in [1.29, 1.82) is 0 Å². The van der Waals surface area contributed by atoms with Crippen LogP contribution in [0.5, 0.6) is 0 Å². The molecule has 0 atom stereocenters. The van der Waals surface area contributed by atoms with E-state index < -0.39 is 0 Å². The lowest BCUT2D eigenvalue weighted by molar-refractivity contribution is -0.123. The van der Waals surface area contributed by atoms with Gasteiger partial charge in [-0.3, -0.25) is 19.1 Å². The first-order valence-electron chi connectivity index (χ1n) is 12.3. The lowest BCUT2D eigenvalue weighted by Crippen LogP contribution is -2.59. The van der Waals surface area contributed by atoms with Gasteiger partial charge in [0.2, 0.25) is 5.91 Å². The number of fused-ring (bicyclic) bond motifs is 3. The Bertz CT molecular complexity index is 1020. The maximum Gasteiger partial charge on any atom is 0.262 e. The standard InChI is InChI=1S/C24H34N4O3S/c29-20(25-16-24(9-5-2-6-10-24)28-11-13-31-14-12-28)15-27-17-26-22-21(23(27)30)18-7-3-1-4-8-19(18)32-22/h17H,1-16H2,(H,25,29). The van der Waals surface area contributed by atoms with Crippen molar-refractivity contribution in [3.63, 3.8) is 0 Å². The summed E-state index contributed by atoms with van der Waals surface area (Å²) in [6, 6.07) is 0. The van der Waals surface area contributed by atoms with Gasteiger partial charge in [-0.25, -0.2) is 4.98 Å². The van der Waals surface area contributed by atoms with Crippen molar-refractivity contribution in [2.75, 3.05) is 32.8 Å². The van der Waals surface area contributed by atoms with Crippen molar-refractivity contribution in [2.45, 2.75) is 76.3 Å². The van der Waals surface area contributed by atoms with Crippen LogP contribution in [0.4, 0.5) is 0 Å². The van der Waals surface area contributed by atoms with E-state index in [1.807, 2.05) is 0 Å². The second-order valence-corrected chi connectivity index (χ2v) is 10.7. The van der Waals surface area contributed by atoms with Gasteiger partial charge < -0.3 is 10.1 Å². The quantitative estimate of drug-likeness (QED) is 0.698. The van der Waals surface area contributed by atoms with E-state index in [2.05, 4.69) is 15.2 Å². The minimum atomic E-state index is -0.104. The highest BCUT2D eigenvalue weighted by atomic mass is 32.1. The summed E-state index contributed by atoms with van der Waals surface area (Å²) in [5.41, 5.74) is 1.14. The maximum atomic E-state index is 13.3. The highest BCUT2D eigenvalue weighted by Gasteiger charge is 2.38. The van der Waals surface area contributed by atoms with Crippen LogP contribution in [0, 0.1) is 0 Å². The average molecular weight is 459 g/mol. The van der Waals surface area contributed by atoms with Crippen molar-refractivity contribution in [2.24, 2.45) is 0 Å². The summed E-state index contributed by atoms with van der Waals surface area (Å²) in [6.07, 6.45) is 13.0. The number of rotatable bonds is 5. The smallest absolute Gasteiger partial charge is 0.262 e. The van der Waals surface area contributed by atoms with Crippen molar-refractivity contribution in [3.05, 3.63) is 27.1 Å². The van der Waals surface area contributed by atoms with E-state index in [0.29, 0.717) is 6.54 Å². The fourth-order valence-electron chi connectivity index (χ4n) is 5.80. The molecule has 0 bridgehead atoms. The van der Waals surface area contributed by atoms with Gasteiger partial charge in [0, 0.05) is 30.1 Å². The van der Waals surface area contributed by atoms with Gasteiger partial charge in [-0.05, 0) is 44.1 Å². The molecule has 8 heteroatoms. The summed E-state index contributed by atoms with van der Waals surface area (Å²) in [7, 11) is 0. The minimum absolute atomic E-state index is 0.0234. The summed E-state index contributed by atoms with van der Waals surface area (Å²) < 4.78 is 7.05. The zero-order valence-electron chi connectivity index (χ0n) is 18.9. The Balaban J connectivity index is 1.30. The van der Waals surface area contributed by atoms with Gasteiger partial charge in [-0.15, -0.1) is 11.3 Å². The Morgan fingerprint density at radius 3 is 2.66 bits per heavy atom. The molecule has 0 radical (unpaired) electrons. The number of amides is 1. The highest BCUT2D eigenvalue weighted by Crippen LogP contribution is 2.34. The second-order valence-electron chi connectivity index (χ2n) is 9.58. The first-order chi connectivity index (χ1) is 15.7. The molecule has 3 heterocycles. The molecule has 1 amide bonds. The predicted octanol–water partition coefficient (Wildman–Crippen LogP) is 2.88. The Morgan fingerprint density at radius 1 is 1.09 bits per heavy atom. The average Bonchev–Trinajstić information content (AvgIpc) is 3.03. The molecule has 5 rings (SSSR count). The molecule has 2 aromatic rings. The monoisotopic (exact) mass is 458 g/mol. The fourth-order valence-corrected chi connectivity index (χ4v) is 7.02. The summed E-state index contributed by atoms with van der Waals surface area (Å²) in [5.74, 6) is -0.104. The lowest BCUT2D eigenvalue weighted by Gasteiger charge is -2.48. The van der Waals surface area contributed by atoms with Crippen molar-refractivity contribution < 1.29 is 9.53 Å². The number of carbonyl (C=O) groups excluding carboxylic acids is 1. The van der Waals surface area contributed by atoms with Crippen LogP contribution >= 0.6 is 11.3 Å². The van der Waals surface area contributed by atoms with Crippen molar-refractivity contribution in [1.82, 2.24) is 19.8 Å². The molecule has 1 aliphatic heterocycles. The molecular weight excluding hydrogens is 424 g/mol. The number of hydrogen-bond acceptors (Lipinski definition) is 6. The van der Waals surface area contributed by atoms with Crippen LogP contribution in [0.25, 0.3) is 10.2 Å². The van der Waals surface area contributed by atoms with E-state index in [1.54, 1.807) is 17.7 Å². The van der Waals surface area contributed by atoms with Gasteiger partial charge in [0.25, 0.3) is 5.56 Å². The first kappa shape index (κ1) is 22.0. The van der Waals surface area contributed by atoms with Gasteiger partial charge in [0.05, 0.1) is 24.9 Å². The van der Waals surface area contributed by atoms with Crippen LogP contribution in [0.1, 0.15) is 61.8 Å². The molecule has 174 valence electrons. The number of aryl methyl sites for hydroxylation is 2. The molecule has 2 fully saturated rings. The van der Waals surface area contributed by atoms with Gasteiger partial charge in [-0.1, -0.05) is 25.7 Å². The van der Waals surface area contributed by atoms with Gasteiger partial charge in [0.1, 0.15) is 11.4 Å². The summed E-state index contributed by atoms with van der Waals surface area (Å²) in [6.45, 7) is 4.07. The third kappa shape index (κ3) is 4.37. The number of ether oxygens (including phenoxy) is 1. The molecule has 1 saturated heterocycles. The molecule has 0 spiro atoms. The van der Waals surface area contributed by atoms with Crippen LogP contribution in [0.2, 0.25) is 0 Å². The van der Waals surface area contributed by atoms with Crippen molar-refractivity contribution >= 4 is 27.5 Å². The largest absolute Gasteiger partial charge is 0.379 e. The van der Waals surface area contributed by atoms with E-state index in [9.17, 15) is 9.59 Å². The van der Waals surface area contributed by atoms with Crippen LogP contribution in [-0.4, -0.2) is 58.7 Å². The molecule has 7 nitrogen and oxygen atoms in total. The predicted molar refractivity (Wildman–Crippen MR) is 126 cm³/mol. The molecule has 1 saturated carbocycles. The molecular formula is C24H34N4O3S. The highest BCUT2D eigenvalue weighted by molar-refractivity contribution is 7.18. The normalized spacial score (nSPS) is 21.8. The van der Waals surface area contributed by atoms with E-state index in [-0.39, 0.29) is 23.6 Å². The van der Waals surface area contributed by atoms with Crippen molar-refractivity contribution in [3.8, 4) is 0 Å². The molecule has 0 aromatic carbocycles. The second kappa shape index (κ2) is 9.61. The molecule has 32 heavy (non-hydrogen) atoms. The Morgan fingerprint density at radius 2 is 1.84 bits per heavy atom. The number of morpholine rings is 1. The third-order valence-electron chi connectivity index (χ3n) is 7.59. The van der Waals surface area contributed by atoms with Crippen LogP contribution in [0.3, 0.4) is 0 Å². The van der Waals surface area contributed by atoms with E-state index in [4.69, 9.17) is 4.74 Å². The summed E-state index contributed by atoms with van der Waals surface area (Å²) >= 11 is 1.66. The topological polar surface area (TPSA) is 76.5 Å². The van der Waals surface area contributed by atoms with E-state index in [0.717, 1.165) is 68.6 Å². The molecule has 2 aliphatic carbocycles. The lowest BCUT2D eigenvalue weighted by atomic mass is 9.79. The van der Waals surface area contributed by atoms with E-state index >= 15 is 0 Å². The first-order valence-corrected chi connectivity index (χ1v) is 13.1. The maximum absolute atomic E-state index is 13.3. The molecule has 2 aromatic heterocycles. The number of nitrogens with zero attached hydrogens (tertiary/aromatic N) is 3. The number of thiophene rings is 1. The summed E-state index contributed by atoms with van der Waals surface area (Å²) in [4.78, 5) is 35.4. The number of hydrogen-bond donors (Lipinski definition) is 1. The fraction of sp³-hybridized carbons (Fsp3) is 0.708. The number of nitrogens with one attached hydrogen (secondary N) is 1. The Labute approximate surface area is 193 Å². The molecule has 0 unspecified atom stereocenters. The number of aromatic nitrogens is 2. The summed E-state index contributed by atoms with van der Waals surface area (Å²) in [5, 5.41) is 3.92. The third-order valence-corrected chi connectivity index (χ3v) is 8.79. The zero-order valence-corrected chi connectivity index (χ0v) is 19.7. The number of carbonyl (C=O) groups is 1.